The fraction of sp³-hybridized carbons (Fsp3) is 0.318. The lowest BCUT2D eigenvalue weighted by molar-refractivity contribution is -0.122. The van der Waals surface area contributed by atoms with Crippen LogP contribution in [0.1, 0.15) is 30.2 Å². The summed E-state index contributed by atoms with van der Waals surface area (Å²) in [5.74, 6) is 1.20. The van der Waals surface area contributed by atoms with E-state index in [0.717, 1.165) is 37.1 Å². The van der Waals surface area contributed by atoms with Crippen LogP contribution in [0.3, 0.4) is 0 Å². The van der Waals surface area contributed by atoms with Gasteiger partial charge in [0.15, 0.2) is 0 Å². The van der Waals surface area contributed by atoms with Gasteiger partial charge in [-0.15, -0.1) is 0 Å². The first-order chi connectivity index (χ1) is 14.2. The van der Waals surface area contributed by atoms with Gasteiger partial charge in [0.25, 0.3) is 0 Å². The third kappa shape index (κ3) is 5.06. The van der Waals surface area contributed by atoms with Crippen LogP contribution in [0.15, 0.2) is 59.1 Å². The van der Waals surface area contributed by atoms with E-state index in [1.54, 1.807) is 12.1 Å². The molecule has 1 aliphatic heterocycles. The first-order valence-corrected chi connectivity index (χ1v) is 9.80. The molecule has 0 saturated carbocycles. The van der Waals surface area contributed by atoms with E-state index in [2.05, 4.69) is 20.4 Å². The Kier molecular flexibility index (Phi) is 5.95. The number of benzene rings is 2. The predicted octanol–water partition coefficient (Wildman–Crippen LogP) is 3.37. The van der Waals surface area contributed by atoms with Gasteiger partial charge in [-0.2, -0.15) is 4.98 Å². The molecule has 0 bridgehead atoms. The highest BCUT2D eigenvalue weighted by molar-refractivity contribution is 5.78. The van der Waals surface area contributed by atoms with Gasteiger partial charge in [-0.25, -0.2) is 4.39 Å². The summed E-state index contributed by atoms with van der Waals surface area (Å²) >= 11 is 0. The van der Waals surface area contributed by atoms with Gasteiger partial charge in [-0.1, -0.05) is 47.6 Å². The summed E-state index contributed by atoms with van der Waals surface area (Å²) in [6, 6.07) is 15.9. The van der Waals surface area contributed by atoms with E-state index in [-0.39, 0.29) is 17.6 Å². The molecule has 1 N–H and O–H groups in total. The largest absolute Gasteiger partial charge is 0.351 e. The third-order valence-corrected chi connectivity index (χ3v) is 5.18. The van der Waals surface area contributed by atoms with E-state index in [0.29, 0.717) is 24.8 Å². The highest BCUT2D eigenvalue weighted by atomic mass is 19.1. The number of hydrogen-bond donors (Lipinski definition) is 1. The van der Waals surface area contributed by atoms with Crippen LogP contribution in [-0.4, -0.2) is 40.6 Å². The van der Waals surface area contributed by atoms with E-state index in [4.69, 9.17) is 4.52 Å². The molecule has 2 heterocycles. The van der Waals surface area contributed by atoms with E-state index >= 15 is 0 Å². The van der Waals surface area contributed by atoms with Crippen molar-refractivity contribution in [3.8, 4) is 11.4 Å². The number of carbonyl (C=O) groups is 1. The molecule has 3 aromatic rings. The van der Waals surface area contributed by atoms with Crippen LogP contribution in [0.4, 0.5) is 4.39 Å². The summed E-state index contributed by atoms with van der Waals surface area (Å²) in [7, 11) is 0. The van der Waals surface area contributed by atoms with Crippen molar-refractivity contribution in [2.75, 3.05) is 19.6 Å². The van der Waals surface area contributed by atoms with E-state index in [1.165, 1.54) is 12.1 Å². The zero-order chi connectivity index (χ0) is 20.1. The second kappa shape index (κ2) is 8.96. The number of aromatic nitrogens is 2. The van der Waals surface area contributed by atoms with Crippen LogP contribution < -0.4 is 5.32 Å². The van der Waals surface area contributed by atoms with Crippen LogP contribution in [0.5, 0.6) is 0 Å². The van der Waals surface area contributed by atoms with Gasteiger partial charge in [0.05, 0.1) is 6.54 Å². The zero-order valence-electron chi connectivity index (χ0n) is 16.1. The molecule has 0 spiro atoms. The fourth-order valence-electron chi connectivity index (χ4n) is 3.51. The maximum absolute atomic E-state index is 12.9. The van der Waals surface area contributed by atoms with Gasteiger partial charge in [-0.05, 0) is 43.6 Å². The Morgan fingerprint density at radius 3 is 2.55 bits per heavy atom. The van der Waals surface area contributed by atoms with Crippen molar-refractivity contribution < 1.29 is 13.7 Å². The number of hydrogen-bond acceptors (Lipinski definition) is 5. The Morgan fingerprint density at radius 1 is 1.10 bits per heavy atom. The third-order valence-electron chi connectivity index (χ3n) is 5.18. The van der Waals surface area contributed by atoms with Crippen molar-refractivity contribution in [3.63, 3.8) is 0 Å². The molecule has 6 nitrogen and oxygen atoms in total. The SMILES string of the molecule is O=C(CN1CCC(c2nc(-c3ccccc3)no2)CC1)NCc1ccc(F)cc1. The lowest BCUT2D eigenvalue weighted by Gasteiger charge is -2.29. The Bertz CT molecular complexity index is 935. The van der Waals surface area contributed by atoms with E-state index < -0.39 is 0 Å². The lowest BCUT2D eigenvalue weighted by Crippen LogP contribution is -2.41. The maximum Gasteiger partial charge on any atom is 0.234 e. The summed E-state index contributed by atoms with van der Waals surface area (Å²) in [5.41, 5.74) is 1.82. The van der Waals surface area contributed by atoms with Gasteiger partial charge in [-0.3, -0.25) is 9.69 Å². The number of nitrogens with zero attached hydrogens (tertiary/aromatic N) is 3. The molecular formula is C22H23FN4O2. The number of likely N-dealkylation sites (tertiary alicyclic amines) is 1. The van der Waals surface area contributed by atoms with Crippen molar-refractivity contribution in [3.05, 3.63) is 71.9 Å². The molecular weight excluding hydrogens is 371 g/mol. The van der Waals surface area contributed by atoms with E-state index in [1.807, 2.05) is 30.3 Å². The van der Waals surface area contributed by atoms with Crippen LogP contribution in [-0.2, 0) is 11.3 Å². The maximum atomic E-state index is 12.9. The monoisotopic (exact) mass is 394 g/mol. The normalized spacial score (nSPS) is 15.3. The van der Waals surface area contributed by atoms with Crippen LogP contribution in [0.25, 0.3) is 11.4 Å². The molecule has 2 aromatic carbocycles. The highest BCUT2D eigenvalue weighted by Gasteiger charge is 2.26. The van der Waals surface area contributed by atoms with Crippen molar-refractivity contribution in [2.45, 2.75) is 25.3 Å². The minimum absolute atomic E-state index is 0.0306. The van der Waals surface area contributed by atoms with Gasteiger partial charge in [0.1, 0.15) is 5.82 Å². The number of halogens is 1. The zero-order valence-corrected chi connectivity index (χ0v) is 16.1. The number of nitrogens with one attached hydrogen (secondary N) is 1. The van der Waals surface area contributed by atoms with Crippen molar-refractivity contribution >= 4 is 5.91 Å². The molecule has 0 aliphatic carbocycles. The molecule has 1 aromatic heterocycles. The predicted molar refractivity (Wildman–Crippen MR) is 106 cm³/mol. The average molecular weight is 394 g/mol. The summed E-state index contributed by atoms with van der Waals surface area (Å²) in [5, 5.41) is 6.99. The van der Waals surface area contributed by atoms with Crippen LogP contribution in [0, 0.1) is 5.82 Å². The average Bonchev–Trinajstić information content (AvgIpc) is 3.25. The van der Waals surface area contributed by atoms with Crippen LogP contribution >= 0.6 is 0 Å². The van der Waals surface area contributed by atoms with Gasteiger partial charge >= 0.3 is 0 Å². The Labute approximate surface area is 168 Å². The number of carbonyl (C=O) groups excluding carboxylic acids is 1. The minimum atomic E-state index is -0.278. The smallest absolute Gasteiger partial charge is 0.234 e. The fourth-order valence-corrected chi connectivity index (χ4v) is 3.51. The Balaban J connectivity index is 1.24. The summed E-state index contributed by atoms with van der Waals surface area (Å²) in [6.45, 7) is 2.36. The Morgan fingerprint density at radius 2 is 1.83 bits per heavy atom. The Hall–Kier alpha value is -3.06. The van der Waals surface area contributed by atoms with Crippen LogP contribution in [0.2, 0.25) is 0 Å². The molecule has 0 atom stereocenters. The number of rotatable bonds is 6. The molecule has 150 valence electrons. The highest BCUT2D eigenvalue weighted by Crippen LogP contribution is 2.28. The summed E-state index contributed by atoms with van der Waals surface area (Å²) in [6.07, 6.45) is 1.75. The molecule has 1 fully saturated rings. The van der Waals surface area contributed by atoms with Gasteiger partial charge in [0, 0.05) is 18.0 Å². The molecule has 7 heteroatoms. The first-order valence-electron chi connectivity index (χ1n) is 9.80. The van der Waals surface area contributed by atoms with Crippen molar-refractivity contribution in [1.29, 1.82) is 0 Å². The molecule has 4 rings (SSSR count). The minimum Gasteiger partial charge on any atom is -0.351 e. The van der Waals surface area contributed by atoms with Crippen molar-refractivity contribution in [1.82, 2.24) is 20.4 Å². The molecule has 1 amide bonds. The van der Waals surface area contributed by atoms with Crippen molar-refractivity contribution in [2.24, 2.45) is 0 Å². The van der Waals surface area contributed by atoms with Gasteiger partial charge < -0.3 is 9.84 Å². The van der Waals surface area contributed by atoms with E-state index in [9.17, 15) is 9.18 Å². The summed E-state index contributed by atoms with van der Waals surface area (Å²) in [4.78, 5) is 18.9. The molecule has 0 unspecified atom stereocenters. The van der Waals surface area contributed by atoms with Gasteiger partial charge in [0.2, 0.25) is 17.6 Å². The number of amides is 1. The second-order valence-corrected chi connectivity index (χ2v) is 7.28. The first kappa shape index (κ1) is 19.3. The topological polar surface area (TPSA) is 71.3 Å². The molecule has 29 heavy (non-hydrogen) atoms. The quantitative estimate of drug-likeness (QED) is 0.694. The second-order valence-electron chi connectivity index (χ2n) is 7.28. The standard InChI is InChI=1S/C22H23FN4O2/c23-19-8-6-16(7-9-19)14-24-20(28)15-27-12-10-18(11-13-27)22-25-21(26-29-22)17-4-2-1-3-5-17/h1-9,18H,10-15H2,(H,24,28). The lowest BCUT2D eigenvalue weighted by atomic mass is 9.97. The molecule has 1 saturated heterocycles. The number of piperidine rings is 1. The summed E-state index contributed by atoms with van der Waals surface area (Å²) < 4.78 is 18.4. The molecule has 0 radical (unpaired) electrons. The molecule has 1 aliphatic rings.